The molecule has 10 heteroatoms. The van der Waals surface area contributed by atoms with E-state index in [1.807, 2.05) is 31.2 Å². The first-order valence-corrected chi connectivity index (χ1v) is 10.8. The van der Waals surface area contributed by atoms with Crippen LogP contribution in [0.5, 0.6) is 11.5 Å². The first-order chi connectivity index (χ1) is 15.8. The highest BCUT2D eigenvalue weighted by molar-refractivity contribution is 5.90. The lowest BCUT2D eigenvalue weighted by molar-refractivity contribution is -0.144. The van der Waals surface area contributed by atoms with Crippen LogP contribution in [-0.4, -0.2) is 60.4 Å². The molecule has 1 fully saturated rings. The quantitative estimate of drug-likeness (QED) is 0.605. The number of benzene rings is 2. The van der Waals surface area contributed by atoms with E-state index in [1.165, 1.54) is 13.2 Å². The summed E-state index contributed by atoms with van der Waals surface area (Å²) in [7, 11) is 1.48. The highest BCUT2D eigenvalue weighted by Gasteiger charge is 2.38. The molecule has 2 aromatic carbocycles. The first-order valence-electron chi connectivity index (χ1n) is 10.8. The Labute approximate surface area is 188 Å². The highest BCUT2D eigenvalue weighted by Crippen LogP contribution is 2.40. The Kier molecular flexibility index (Phi) is 5.57. The zero-order chi connectivity index (χ0) is 23.2. The molecule has 3 heterocycles. The normalized spacial score (nSPS) is 23.7. The van der Waals surface area contributed by atoms with E-state index in [4.69, 9.17) is 14.2 Å². The monoisotopic (exact) mass is 462 g/mol. The van der Waals surface area contributed by atoms with Gasteiger partial charge in [0.1, 0.15) is 23.6 Å². The maximum Gasteiger partial charge on any atom is 0.449 e. The van der Waals surface area contributed by atoms with E-state index in [0.717, 1.165) is 24.4 Å². The minimum Gasteiger partial charge on any atom is -0.497 e. The molecule has 0 spiro atoms. The molecule has 5 rings (SSSR count). The van der Waals surface area contributed by atoms with E-state index >= 15 is 0 Å². The molecule has 3 atom stereocenters. The van der Waals surface area contributed by atoms with Gasteiger partial charge in [0.25, 0.3) is 0 Å². The smallest absolute Gasteiger partial charge is 0.449 e. The van der Waals surface area contributed by atoms with Gasteiger partial charge < -0.3 is 24.5 Å². The summed E-state index contributed by atoms with van der Waals surface area (Å²) in [6, 6.07) is 10.6. The van der Waals surface area contributed by atoms with Crippen molar-refractivity contribution in [2.24, 2.45) is 0 Å². The lowest BCUT2D eigenvalue weighted by atomic mass is 9.94. The summed E-state index contributed by atoms with van der Waals surface area (Å²) in [5.41, 5.74) is 1.86. The van der Waals surface area contributed by atoms with Crippen LogP contribution in [0.2, 0.25) is 0 Å². The lowest BCUT2D eigenvalue weighted by Crippen LogP contribution is -2.54. The molecule has 0 amide bonds. The lowest BCUT2D eigenvalue weighted by Gasteiger charge is -2.44. The number of halogens is 3. The van der Waals surface area contributed by atoms with Crippen molar-refractivity contribution in [3.63, 3.8) is 0 Å². The number of aromatic nitrogens is 2. The Morgan fingerprint density at radius 2 is 2.06 bits per heavy atom. The summed E-state index contributed by atoms with van der Waals surface area (Å²) in [6.07, 6.45) is -4.50. The molecule has 33 heavy (non-hydrogen) atoms. The van der Waals surface area contributed by atoms with Gasteiger partial charge in [0, 0.05) is 30.8 Å². The van der Waals surface area contributed by atoms with Gasteiger partial charge in [0.15, 0.2) is 0 Å². The number of hydrogen-bond acceptors (Lipinski definition) is 6. The summed E-state index contributed by atoms with van der Waals surface area (Å²) < 4.78 is 57.2. The van der Waals surface area contributed by atoms with Crippen molar-refractivity contribution in [1.29, 1.82) is 0 Å². The van der Waals surface area contributed by atoms with Gasteiger partial charge in [-0.1, -0.05) is 18.2 Å². The number of hydrogen-bond donors (Lipinski definition) is 2. The van der Waals surface area contributed by atoms with E-state index in [0.29, 0.717) is 24.7 Å². The van der Waals surface area contributed by atoms with Gasteiger partial charge in [-0.25, -0.2) is 4.98 Å². The first kappa shape index (κ1) is 21.8. The van der Waals surface area contributed by atoms with Gasteiger partial charge in [-0.05, 0) is 13.0 Å². The maximum atomic E-state index is 13.4. The Hall–Kier alpha value is -2.98. The Morgan fingerprint density at radius 1 is 1.24 bits per heavy atom. The molecule has 2 aliphatic heterocycles. The van der Waals surface area contributed by atoms with Crippen LogP contribution in [0.4, 0.5) is 18.9 Å². The summed E-state index contributed by atoms with van der Waals surface area (Å²) >= 11 is 0. The average Bonchev–Trinajstić information content (AvgIpc) is 3.24. The van der Waals surface area contributed by atoms with E-state index in [2.05, 4.69) is 20.2 Å². The van der Waals surface area contributed by atoms with Crippen molar-refractivity contribution in [2.45, 2.75) is 31.3 Å². The molecule has 0 radical (unpaired) electrons. The average molecular weight is 462 g/mol. The number of anilines is 1. The van der Waals surface area contributed by atoms with Crippen LogP contribution in [-0.2, 0) is 10.9 Å². The van der Waals surface area contributed by atoms with Crippen LogP contribution in [0, 0.1) is 0 Å². The summed E-state index contributed by atoms with van der Waals surface area (Å²) in [5, 5.41) is 3.49. The molecule has 2 N–H and O–H groups in total. The van der Waals surface area contributed by atoms with Crippen molar-refractivity contribution in [3.8, 4) is 11.5 Å². The van der Waals surface area contributed by atoms with Crippen molar-refractivity contribution < 1.29 is 27.4 Å². The van der Waals surface area contributed by atoms with Crippen LogP contribution >= 0.6 is 0 Å². The van der Waals surface area contributed by atoms with Gasteiger partial charge in [-0.15, -0.1) is 0 Å². The number of H-pyrrole nitrogens is 1. The van der Waals surface area contributed by atoms with Crippen LogP contribution in [0.1, 0.15) is 24.4 Å². The van der Waals surface area contributed by atoms with Gasteiger partial charge >= 0.3 is 6.18 Å². The summed E-state index contributed by atoms with van der Waals surface area (Å²) in [5.74, 6) is 0.142. The number of methoxy groups -OCH3 is 1. The van der Waals surface area contributed by atoms with Crippen molar-refractivity contribution in [1.82, 2.24) is 14.9 Å². The highest BCUT2D eigenvalue weighted by atomic mass is 19.4. The fourth-order valence-corrected chi connectivity index (χ4v) is 4.61. The SMILES string of the molecule is COc1cc(N[C@H]2c3ccccc3OC[C@@H]2N2CCO[C@H](C)C2)c2nc(C(F)(F)F)[nH]c2c1. The number of imidazole rings is 1. The zero-order valence-electron chi connectivity index (χ0n) is 18.3. The van der Waals surface area contributed by atoms with Crippen molar-refractivity contribution in [3.05, 3.63) is 47.8 Å². The number of ether oxygens (including phenoxy) is 3. The largest absolute Gasteiger partial charge is 0.497 e. The van der Waals surface area contributed by atoms with E-state index in [9.17, 15) is 13.2 Å². The second-order valence-electron chi connectivity index (χ2n) is 8.37. The van der Waals surface area contributed by atoms with Gasteiger partial charge in [-0.3, -0.25) is 4.90 Å². The molecule has 0 bridgehead atoms. The second-order valence-corrected chi connectivity index (χ2v) is 8.37. The standard InChI is InChI=1S/C23H25F3N4O3/c1-13-11-30(7-8-32-13)18-12-33-19-6-4-3-5-15(19)20(18)27-16-9-14(31-2)10-17-21(16)29-22(28-17)23(24,25)26/h3-6,9-10,13,18,20,27H,7-8,11-12H2,1-2H3,(H,28,29)/t13-,18+,20+/m1/s1. The Bertz CT molecular complexity index is 1150. The topological polar surface area (TPSA) is 71.6 Å². The van der Waals surface area contributed by atoms with Crippen LogP contribution < -0.4 is 14.8 Å². The van der Waals surface area contributed by atoms with Crippen LogP contribution in [0.25, 0.3) is 11.0 Å². The predicted octanol–water partition coefficient (Wildman–Crippen LogP) is 4.23. The number of nitrogens with zero attached hydrogens (tertiary/aromatic N) is 2. The molecule has 0 saturated carbocycles. The third-order valence-electron chi connectivity index (χ3n) is 6.17. The minimum absolute atomic E-state index is 0.0477. The number of fused-ring (bicyclic) bond motifs is 2. The van der Waals surface area contributed by atoms with Gasteiger partial charge in [0.2, 0.25) is 5.82 Å². The number of nitrogens with one attached hydrogen (secondary N) is 2. The van der Waals surface area contributed by atoms with Crippen LogP contribution in [0.3, 0.4) is 0 Å². The zero-order valence-corrected chi connectivity index (χ0v) is 18.3. The fraction of sp³-hybridized carbons (Fsp3) is 0.435. The third kappa shape index (κ3) is 4.20. The summed E-state index contributed by atoms with van der Waals surface area (Å²) in [6.45, 7) is 4.57. The molecular formula is C23H25F3N4O3. The Morgan fingerprint density at radius 3 is 2.82 bits per heavy atom. The molecule has 2 aliphatic rings. The van der Waals surface area contributed by atoms with E-state index < -0.39 is 12.0 Å². The number of alkyl halides is 3. The molecule has 176 valence electrons. The molecule has 7 nitrogen and oxygen atoms in total. The van der Waals surface area contributed by atoms with E-state index in [-0.39, 0.29) is 29.2 Å². The number of rotatable bonds is 4. The predicted molar refractivity (Wildman–Crippen MR) is 117 cm³/mol. The molecular weight excluding hydrogens is 437 g/mol. The molecule has 0 aliphatic carbocycles. The fourth-order valence-electron chi connectivity index (χ4n) is 4.61. The van der Waals surface area contributed by atoms with Gasteiger partial charge in [-0.2, -0.15) is 13.2 Å². The maximum absolute atomic E-state index is 13.4. The third-order valence-corrected chi connectivity index (χ3v) is 6.17. The summed E-state index contributed by atoms with van der Waals surface area (Å²) in [4.78, 5) is 8.56. The van der Waals surface area contributed by atoms with Crippen molar-refractivity contribution in [2.75, 3.05) is 38.7 Å². The number of morpholine rings is 1. The number of aromatic amines is 1. The molecule has 3 aromatic rings. The molecule has 1 saturated heterocycles. The second kappa shape index (κ2) is 8.42. The number of para-hydroxylation sites is 1. The van der Waals surface area contributed by atoms with E-state index in [1.54, 1.807) is 6.07 Å². The molecule has 1 aromatic heterocycles. The van der Waals surface area contributed by atoms with Gasteiger partial charge in [0.05, 0.1) is 43.1 Å². The minimum atomic E-state index is -4.58. The molecule has 0 unspecified atom stereocenters. The Balaban J connectivity index is 1.58. The van der Waals surface area contributed by atoms with Crippen molar-refractivity contribution >= 4 is 16.7 Å². The van der Waals surface area contributed by atoms with Crippen LogP contribution in [0.15, 0.2) is 36.4 Å².